The molecule has 1 unspecified atom stereocenters. The molecule has 0 radical (unpaired) electrons. The molecular weight excluding hydrogens is 466 g/mol. The predicted octanol–water partition coefficient (Wildman–Crippen LogP) is 4.64. The first kappa shape index (κ1) is 31.1. The highest BCUT2D eigenvalue weighted by atomic mass is 16.6. The molecule has 2 N–H and O–H groups in total. The van der Waals surface area contributed by atoms with E-state index in [1.807, 2.05) is 48.5 Å². The molecule has 0 heterocycles. The van der Waals surface area contributed by atoms with E-state index >= 15 is 0 Å². The summed E-state index contributed by atoms with van der Waals surface area (Å²) < 4.78 is 16.3. The van der Waals surface area contributed by atoms with Crippen molar-refractivity contribution in [1.82, 2.24) is 5.32 Å². The highest BCUT2D eigenvalue weighted by Gasteiger charge is 2.43. The summed E-state index contributed by atoms with van der Waals surface area (Å²) in [6.07, 6.45) is 0.577. The molecule has 1 aromatic rings. The van der Waals surface area contributed by atoms with Crippen LogP contribution in [0.4, 0.5) is 0 Å². The third-order valence-corrected chi connectivity index (χ3v) is 5.01. The summed E-state index contributed by atoms with van der Waals surface area (Å²) in [5.41, 5.74) is -2.31. The zero-order valence-electron chi connectivity index (χ0n) is 22.9. The van der Waals surface area contributed by atoms with Crippen LogP contribution in [-0.2, 0) is 30.3 Å². The van der Waals surface area contributed by atoms with Crippen molar-refractivity contribution in [2.24, 2.45) is 10.8 Å². The highest BCUT2D eigenvalue weighted by Crippen LogP contribution is 2.33. The summed E-state index contributed by atoms with van der Waals surface area (Å²) in [6, 6.07) is 4.14. The second-order valence-electron chi connectivity index (χ2n) is 11.6. The van der Waals surface area contributed by atoms with Crippen LogP contribution in [-0.4, -0.2) is 40.8 Å². The zero-order valence-corrected chi connectivity index (χ0v) is 22.9. The second-order valence-corrected chi connectivity index (χ2v) is 11.6. The minimum Gasteiger partial charge on any atom is -0.477 e. The molecule has 202 valence electrons. The molecule has 0 aromatic heterocycles. The first-order chi connectivity index (χ1) is 16.4. The molecule has 0 aliphatic carbocycles. The molecule has 0 saturated heterocycles. The van der Waals surface area contributed by atoms with E-state index in [0.29, 0.717) is 12.0 Å². The van der Waals surface area contributed by atoms with Gasteiger partial charge in [-0.05, 0) is 41.9 Å². The van der Waals surface area contributed by atoms with Gasteiger partial charge in [-0.3, -0.25) is 19.7 Å². The number of esters is 3. The Morgan fingerprint density at radius 3 is 1.83 bits per heavy atom. The molecule has 9 heteroatoms. The Labute approximate surface area is 213 Å². The maximum absolute atomic E-state index is 12.6. The van der Waals surface area contributed by atoms with E-state index < -0.39 is 29.6 Å². The number of nitrogens with one attached hydrogen (secondary N) is 1. The molecule has 0 spiro atoms. The van der Waals surface area contributed by atoms with Crippen LogP contribution < -0.4 is 14.8 Å². The lowest BCUT2D eigenvalue weighted by atomic mass is 9.92. The monoisotopic (exact) mass is 507 g/mol. The Bertz CT molecular complexity index is 958. The topological polar surface area (TPSA) is 128 Å². The van der Waals surface area contributed by atoms with Gasteiger partial charge in [0.05, 0.1) is 12.8 Å². The number of ether oxygens (including phenoxy) is 3. The van der Waals surface area contributed by atoms with Gasteiger partial charge in [-0.25, -0.2) is 4.79 Å². The van der Waals surface area contributed by atoms with Crippen LogP contribution in [0.15, 0.2) is 18.2 Å². The van der Waals surface area contributed by atoms with E-state index in [1.165, 1.54) is 12.1 Å². The number of rotatable bonds is 11. The van der Waals surface area contributed by atoms with Gasteiger partial charge in [0.15, 0.2) is 11.5 Å². The van der Waals surface area contributed by atoms with Gasteiger partial charge in [0.2, 0.25) is 0 Å². The van der Waals surface area contributed by atoms with Crippen molar-refractivity contribution >= 4 is 23.9 Å². The highest BCUT2D eigenvalue weighted by molar-refractivity contribution is 5.81. The Morgan fingerprint density at radius 1 is 0.917 bits per heavy atom. The van der Waals surface area contributed by atoms with E-state index in [-0.39, 0.29) is 47.6 Å². The molecule has 9 nitrogen and oxygen atoms in total. The quantitative estimate of drug-likeness (QED) is 0.250. The molecule has 0 fully saturated rings. The lowest BCUT2D eigenvalue weighted by molar-refractivity contribution is -0.183. The molecule has 0 saturated carbocycles. The average Bonchev–Trinajstić information content (AvgIpc) is 2.66. The second kappa shape index (κ2) is 12.3. The van der Waals surface area contributed by atoms with Gasteiger partial charge in [0.25, 0.3) is 5.72 Å². The van der Waals surface area contributed by atoms with Crippen molar-refractivity contribution in [1.29, 1.82) is 0 Å². The first-order valence-electron chi connectivity index (χ1n) is 12.1. The van der Waals surface area contributed by atoms with Crippen LogP contribution in [0.25, 0.3) is 0 Å². The van der Waals surface area contributed by atoms with Crippen molar-refractivity contribution in [3.63, 3.8) is 0 Å². The van der Waals surface area contributed by atoms with Crippen LogP contribution in [0.2, 0.25) is 0 Å². The predicted molar refractivity (Wildman–Crippen MR) is 135 cm³/mol. The number of carboxylic acids is 1. The van der Waals surface area contributed by atoms with E-state index in [2.05, 4.69) is 5.32 Å². The number of carbonyl (C=O) groups is 4. The van der Waals surface area contributed by atoms with Gasteiger partial charge >= 0.3 is 23.9 Å². The number of aliphatic carboxylic acids is 1. The molecular formula is C27H41NO8. The van der Waals surface area contributed by atoms with E-state index in [4.69, 9.17) is 14.2 Å². The third kappa shape index (κ3) is 10.8. The molecule has 1 aromatic carbocycles. The minimum absolute atomic E-state index is 0.0188. The van der Waals surface area contributed by atoms with Gasteiger partial charge < -0.3 is 19.3 Å². The lowest BCUT2D eigenvalue weighted by Crippen LogP contribution is -2.59. The van der Waals surface area contributed by atoms with Crippen molar-refractivity contribution in [2.75, 3.05) is 0 Å². The fourth-order valence-corrected chi connectivity index (χ4v) is 3.34. The fraction of sp³-hybridized carbons (Fsp3) is 0.630. The Kier molecular flexibility index (Phi) is 10.7. The number of hydrogen-bond acceptors (Lipinski definition) is 8. The summed E-state index contributed by atoms with van der Waals surface area (Å²) in [5, 5.41) is 12.9. The van der Waals surface area contributed by atoms with Crippen LogP contribution in [0, 0.1) is 10.8 Å². The minimum atomic E-state index is -2.04. The standard InChI is InChI=1S/C27H41NO8/c1-10-17(2)28-27(24(32)33,36-18(3)29)14-19-11-12-20(34-22(30)15-25(4,5)6)21(13-19)35-23(31)16-26(7,8)9/h11-13,17,28H,10,14-16H2,1-9H3,(H,32,33)/t17?,27-/m0/s1. The van der Waals surface area contributed by atoms with Crippen LogP contribution in [0.1, 0.15) is 87.1 Å². The van der Waals surface area contributed by atoms with Crippen LogP contribution >= 0.6 is 0 Å². The molecule has 36 heavy (non-hydrogen) atoms. The first-order valence-corrected chi connectivity index (χ1v) is 12.1. The number of benzene rings is 1. The maximum Gasteiger partial charge on any atom is 0.364 e. The Morgan fingerprint density at radius 2 is 1.42 bits per heavy atom. The molecule has 2 atom stereocenters. The number of carboxylic acid groups (broad SMARTS) is 1. The lowest BCUT2D eigenvalue weighted by Gasteiger charge is -2.32. The summed E-state index contributed by atoms with van der Waals surface area (Å²) in [4.78, 5) is 49.1. The Hall–Kier alpha value is -2.94. The summed E-state index contributed by atoms with van der Waals surface area (Å²) in [5.74, 6) is -3.15. The zero-order chi connectivity index (χ0) is 27.9. The van der Waals surface area contributed by atoms with Gasteiger partial charge in [-0.1, -0.05) is 54.5 Å². The molecule has 0 aliphatic heterocycles. The molecule has 0 bridgehead atoms. The number of carbonyl (C=O) groups excluding carboxylic acids is 3. The summed E-state index contributed by atoms with van der Waals surface area (Å²) >= 11 is 0. The van der Waals surface area contributed by atoms with Crippen LogP contribution in [0.3, 0.4) is 0 Å². The average molecular weight is 508 g/mol. The Balaban J connectivity index is 3.45. The van der Waals surface area contributed by atoms with Crippen molar-refractivity contribution in [3.05, 3.63) is 23.8 Å². The number of hydrogen-bond donors (Lipinski definition) is 2. The van der Waals surface area contributed by atoms with Gasteiger partial charge in [0, 0.05) is 19.4 Å². The van der Waals surface area contributed by atoms with E-state index in [1.54, 1.807) is 13.0 Å². The molecule has 1 rings (SSSR count). The summed E-state index contributed by atoms with van der Waals surface area (Å²) in [7, 11) is 0. The van der Waals surface area contributed by atoms with Gasteiger partial charge in [-0.15, -0.1) is 0 Å². The molecule has 0 amide bonds. The normalized spacial score (nSPS) is 14.4. The van der Waals surface area contributed by atoms with Crippen molar-refractivity contribution in [3.8, 4) is 11.5 Å². The van der Waals surface area contributed by atoms with E-state index in [9.17, 15) is 24.3 Å². The third-order valence-electron chi connectivity index (χ3n) is 5.01. The van der Waals surface area contributed by atoms with Crippen molar-refractivity contribution < 1.29 is 38.5 Å². The van der Waals surface area contributed by atoms with Crippen LogP contribution in [0.5, 0.6) is 11.5 Å². The van der Waals surface area contributed by atoms with E-state index in [0.717, 1.165) is 6.92 Å². The SMILES string of the molecule is CCC(C)N[C@@](Cc1ccc(OC(=O)CC(C)(C)C)c(OC(=O)CC(C)(C)C)c1)(OC(C)=O)C(=O)O. The smallest absolute Gasteiger partial charge is 0.364 e. The summed E-state index contributed by atoms with van der Waals surface area (Å²) in [6.45, 7) is 16.1. The van der Waals surface area contributed by atoms with Gasteiger partial charge in [0.1, 0.15) is 0 Å². The molecule has 0 aliphatic rings. The maximum atomic E-state index is 12.6. The van der Waals surface area contributed by atoms with Gasteiger partial charge in [-0.2, -0.15) is 0 Å². The largest absolute Gasteiger partial charge is 0.477 e. The fourth-order valence-electron chi connectivity index (χ4n) is 3.34. The van der Waals surface area contributed by atoms with Crippen molar-refractivity contribution in [2.45, 2.75) is 99.8 Å².